The minimum Gasteiger partial charge on any atom is -0.384 e. The van der Waals surface area contributed by atoms with Gasteiger partial charge in [-0.2, -0.15) is 18.2 Å². The summed E-state index contributed by atoms with van der Waals surface area (Å²) in [5.41, 5.74) is 9.84. The number of aryl methyl sites for hydroxylation is 1. The van der Waals surface area contributed by atoms with Crippen LogP contribution < -0.4 is 27.1 Å². The molecule has 0 atom stereocenters. The lowest BCUT2D eigenvalue weighted by molar-refractivity contribution is -0.137. The fourth-order valence-corrected chi connectivity index (χ4v) is 4.41. The molecule has 13 heteroatoms. The Bertz CT molecular complexity index is 1360. The minimum absolute atomic E-state index is 0.0166. The number of piperazine rings is 1. The number of fused-ring (bicyclic) bond motifs is 1. The molecule has 5 N–H and O–H groups in total. The molecule has 192 valence electrons. The summed E-state index contributed by atoms with van der Waals surface area (Å²) in [5, 5.41) is 2.80. The first-order valence-corrected chi connectivity index (χ1v) is 11.5. The number of hydrogen-bond acceptors (Lipinski definition) is 8. The molecule has 10 nitrogen and oxygen atoms in total. The molecule has 0 unspecified atom stereocenters. The first kappa shape index (κ1) is 25.2. The number of carbonyl (C=O) groups excluding carboxylic acids is 1. The Morgan fingerprint density at radius 3 is 2.42 bits per heavy atom. The average molecular weight is 505 g/mol. The maximum absolute atomic E-state index is 14.0. The summed E-state index contributed by atoms with van der Waals surface area (Å²) < 4.78 is 43.4. The fourth-order valence-electron chi connectivity index (χ4n) is 4.41. The van der Waals surface area contributed by atoms with Gasteiger partial charge in [0.15, 0.2) is 5.65 Å². The van der Waals surface area contributed by atoms with Gasteiger partial charge in [-0.05, 0) is 31.7 Å². The SMILES string of the molecule is CCN1CCN(c2ccc(Nc3ncc4c(=O)c(C(N)=O)c(N)n(CC)c4n3)cc2C(F)(F)F)CC1. The molecule has 1 fully saturated rings. The van der Waals surface area contributed by atoms with Gasteiger partial charge >= 0.3 is 6.18 Å². The van der Waals surface area contributed by atoms with Gasteiger partial charge in [0, 0.05) is 50.3 Å². The van der Waals surface area contributed by atoms with E-state index in [9.17, 15) is 22.8 Å². The Morgan fingerprint density at radius 1 is 1.14 bits per heavy atom. The largest absolute Gasteiger partial charge is 0.418 e. The summed E-state index contributed by atoms with van der Waals surface area (Å²) in [6, 6.07) is 3.99. The van der Waals surface area contributed by atoms with E-state index in [1.165, 1.54) is 22.9 Å². The van der Waals surface area contributed by atoms with E-state index in [0.29, 0.717) is 26.2 Å². The standard InChI is InChI=1S/C23H27F3N8O2/c1-3-32-7-9-33(10-8-32)16-6-5-13(11-15(16)23(24,25)26)30-22-29-12-14-18(35)17(20(28)36)19(27)34(4-2)21(14)31-22/h5-6,11-12H,3-4,7-10,27H2,1-2H3,(H2,28,36)(H,29,30,31). The number of anilines is 4. The highest BCUT2D eigenvalue weighted by atomic mass is 19.4. The van der Waals surface area contributed by atoms with Crippen LogP contribution in [-0.2, 0) is 12.7 Å². The van der Waals surface area contributed by atoms with Crippen LogP contribution in [0.4, 0.5) is 36.3 Å². The van der Waals surface area contributed by atoms with E-state index < -0.39 is 23.1 Å². The molecular weight excluding hydrogens is 477 g/mol. The van der Waals surface area contributed by atoms with Crippen molar-refractivity contribution in [1.29, 1.82) is 0 Å². The van der Waals surface area contributed by atoms with Crippen molar-refractivity contribution < 1.29 is 18.0 Å². The summed E-state index contributed by atoms with van der Waals surface area (Å²) in [6.07, 6.45) is -3.38. The van der Waals surface area contributed by atoms with E-state index in [2.05, 4.69) is 20.2 Å². The van der Waals surface area contributed by atoms with E-state index in [-0.39, 0.29) is 46.3 Å². The van der Waals surface area contributed by atoms with E-state index in [1.54, 1.807) is 11.8 Å². The quantitative estimate of drug-likeness (QED) is 0.466. The normalized spacial score (nSPS) is 14.9. The van der Waals surface area contributed by atoms with Gasteiger partial charge in [0.25, 0.3) is 5.91 Å². The third-order valence-corrected chi connectivity index (χ3v) is 6.32. The van der Waals surface area contributed by atoms with Crippen LogP contribution in [-0.4, -0.2) is 58.1 Å². The monoisotopic (exact) mass is 504 g/mol. The van der Waals surface area contributed by atoms with E-state index in [4.69, 9.17) is 11.5 Å². The molecule has 36 heavy (non-hydrogen) atoms. The first-order chi connectivity index (χ1) is 17.0. The third kappa shape index (κ3) is 4.65. The third-order valence-electron chi connectivity index (χ3n) is 6.32. The van der Waals surface area contributed by atoms with Crippen molar-refractivity contribution in [1.82, 2.24) is 19.4 Å². The molecule has 0 spiro atoms. The number of likely N-dealkylation sites (N-methyl/N-ethyl adjacent to an activating group) is 1. The van der Waals surface area contributed by atoms with Crippen molar-refractivity contribution >= 4 is 40.1 Å². The Morgan fingerprint density at radius 2 is 1.83 bits per heavy atom. The van der Waals surface area contributed by atoms with Crippen molar-refractivity contribution in [2.75, 3.05) is 48.7 Å². The number of nitrogens with one attached hydrogen (secondary N) is 1. The van der Waals surface area contributed by atoms with Crippen LogP contribution >= 0.6 is 0 Å². The number of alkyl halides is 3. The number of nitrogen functional groups attached to an aromatic ring is 1. The number of primary amides is 1. The number of aromatic nitrogens is 3. The van der Waals surface area contributed by atoms with Crippen molar-refractivity contribution in [2.24, 2.45) is 5.73 Å². The predicted molar refractivity (Wildman–Crippen MR) is 131 cm³/mol. The number of pyridine rings is 1. The van der Waals surface area contributed by atoms with Gasteiger partial charge in [0.05, 0.1) is 10.9 Å². The number of hydrogen-bond donors (Lipinski definition) is 3. The molecule has 3 heterocycles. The molecule has 2 aromatic heterocycles. The fraction of sp³-hybridized carbons (Fsp3) is 0.391. The average Bonchev–Trinajstić information content (AvgIpc) is 2.83. The number of halogens is 3. The Hall–Kier alpha value is -3.87. The lowest BCUT2D eigenvalue weighted by Gasteiger charge is -2.36. The van der Waals surface area contributed by atoms with E-state index in [1.807, 2.05) is 6.92 Å². The summed E-state index contributed by atoms with van der Waals surface area (Å²) in [4.78, 5) is 36.7. The molecule has 3 aromatic rings. The van der Waals surface area contributed by atoms with Gasteiger partial charge in [-0.1, -0.05) is 6.92 Å². The lowest BCUT2D eigenvalue weighted by Crippen LogP contribution is -2.46. The molecule has 0 aliphatic carbocycles. The first-order valence-electron chi connectivity index (χ1n) is 11.5. The van der Waals surface area contributed by atoms with Gasteiger partial charge in [-0.25, -0.2) is 4.98 Å². The van der Waals surface area contributed by atoms with E-state index in [0.717, 1.165) is 12.6 Å². The van der Waals surface area contributed by atoms with Gasteiger partial charge in [0.2, 0.25) is 11.4 Å². The molecule has 1 aliphatic heterocycles. The maximum atomic E-state index is 14.0. The Balaban J connectivity index is 1.71. The molecule has 0 saturated carbocycles. The maximum Gasteiger partial charge on any atom is 0.418 e. The van der Waals surface area contributed by atoms with Crippen LogP contribution in [0.5, 0.6) is 0 Å². The zero-order valence-corrected chi connectivity index (χ0v) is 19.9. The van der Waals surface area contributed by atoms with Gasteiger partial charge < -0.3 is 31.2 Å². The summed E-state index contributed by atoms with van der Waals surface area (Å²) in [6.45, 7) is 7.26. The van der Waals surface area contributed by atoms with Crippen LogP contribution in [0, 0.1) is 0 Å². The molecule has 1 saturated heterocycles. The topological polar surface area (TPSA) is 135 Å². The molecule has 1 aliphatic rings. The lowest BCUT2D eigenvalue weighted by atomic mass is 10.1. The molecule has 1 amide bonds. The second kappa shape index (κ2) is 9.64. The Labute approximate surface area is 204 Å². The highest BCUT2D eigenvalue weighted by Crippen LogP contribution is 2.39. The van der Waals surface area contributed by atoms with Crippen molar-refractivity contribution in [3.63, 3.8) is 0 Å². The second-order valence-corrected chi connectivity index (χ2v) is 8.40. The summed E-state index contributed by atoms with van der Waals surface area (Å²) in [5.74, 6) is -1.15. The second-order valence-electron chi connectivity index (χ2n) is 8.40. The number of benzene rings is 1. The zero-order chi connectivity index (χ0) is 26.2. The van der Waals surface area contributed by atoms with Crippen LogP contribution in [0.2, 0.25) is 0 Å². The van der Waals surface area contributed by atoms with Gasteiger partial charge in [-0.15, -0.1) is 0 Å². The van der Waals surface area contributed by atoms with Crippen LogP contribution in [0.15, 0.2) is 29.2 Å². The smallest absolute Gasteiger partial charge is 0.384 e. The Kier molecular flexibility index (Phi) is 6.76. The molecule has 0 radical (unpaired) electrons. The number of nitrogens with zero attached hydrogens (tertiary/aromatic N) is 5. The van der Waals surface area contributed by atoms with Crippen molar-refractivity contribution in [2.45, 2.75) is 26.6 Å². The highest BCUT2D eigenvalue weighted by Gasteiger charge is 2.36. The number of amides is 1. The van der Waals surface area contributed by atoms with Crippen LogP contribution in [0.1, 0.15) is 29.8 Å². The van der Waals surface area contributed by atoms with Gasteiger partial charge in [-0.3, -0.25) is 9.59 Å². The van der Waals surface area contributed by atoms with Crippen LogP contribution in [0.3, 0.4) is 0 Å². The van der Waals surface area contributed by atoms with Crippen molar-refractivity contribution in [3.05, 3.63) is 45.7 Å². The highest BCUT2D eigenvalue weighted by molar-refractivity contribution is 6.00. The van der Waals surface area contributed by atoms with Crippen molar-refractivity contribution in [3.8, 4) is 0 Å². The number of nitrogens with two attached hydrogens (primary N) is 2. The van der Waals surface area contributed by atoms with Gasteiger partial charge in [0.1, 0.15) is 11.4 Å². The summed E-state index contributed by atoms with van der Waals surface area (Å²) in [7, 11) is 0. The number of carbonyl (C=O) groups is 1. The molecule has 4 rings (SSSR count). The van der Waals surface area contributed by atoms with E-state index >= 15 is 0 Å². The molecular formula is C23H27F3N8O2. The summed E-state index contributed by atoms with van der Waals surface area (Å²) >= 11 is 0. The molecule has 1 aromatic carbocycles. The zero-order valence-electron chi connectivity index (χ0n) is 19.9. The van der Waals surface area contributed by atoms with Crippen LogP contribution in [0.25, 0.3) is 11.0 Å². The molecule has 0 bridgehead atoms. The minimum atomic E-state index is -4.57. The number of rotatable bonds is 6. The predicted octanol–water partition coefficient (Wildman–Crippen LogP) is 2.40.